The first-order chi connectivity index (χ1) is 5.83. The van der Waals surface area contributed by atoms with Crippen LogP contribution in [0.5, 0.6) is 0 Å². The number of hydrogen-bond donors (Lipinski definition) is 0. The zero-order valence-electron chi connectivity index (χ0n) is 8.20. The molecule has 0 amide bonds. The van der Waals surface area contributed by atoms with Crippen LogP contribution in [0.3, 0.4) is 0 Å². The summed E-state index contributed by atoms with van der Waals surface area (Å²) in [6.45, 7) is 3.46. The summed E-state index contributed by atoms with van der Waals surface area (Å²) < 4.78 is 26.3. The van der Waals surface area contributed by atoms with Gasteiger partial charge in [0.1, 0.15) is 0 Å². The van der Waals surface area contributed by atoms with Crippen molar-refractivity contribution in [1.29, 1.82) is 5.26 Å². The molecule has 0 aromatic rings. The van der Waals surface area contributed by atoms with Crippen LogP contribution in [0.25, 0.3) is 0 Å². The minimum Gasteiger partial charge on any atom is -0.249 e. The van der Waals surface area contributed by atoms with Crippen molar-refractivity contribution in [3.05, 3.63) is 0 Å². The Balaban J connectivity index is 4.40. The normalized spacial score (nSPS) is 16.2. The highest BCUT2D eigenvalue weighted by Gasteiger charge is 2.28. The maximum atomic E-state index is 10.8. The summed E-state index contributed by atoms with van der Waals surface area (Å²) in [7, 11) is -3.55. The largest absolute Gasteiger partial charge is 0.265 e. The minimum atomic E-state index is -3.55. The second-order valence-electron chi connectivity index (χ2n) is 3.23. The van der Waals surface area contributed by atoms with E-state index in [2.05, 4.69) is 4.18 Å². The fraction of sp³-hybridized carbons (Fsp3) is 0.875. The molecule has 0 saturated heterocycles. The van der Waals surface area contributed by atoms with Gasteiger partial charge in [-0.2, -0.15) is 13.7 Å². The van der Waals surface area contributed by atoms with Crippen LogP contribution in [0.1, 0.15) is 33.1 Å². The maximum absolute atomic E-state index is 10.8. The molecule has 0 fully saturated rings. The molecule has 0 aliphatic carbocycles. The Morgan fingerprint density at radius 2 is 2.08 bits per heavy atom. The summed E-state index contributed by atoms with van der Waals surface area (Å²) >= 11 is 0. The maximum Gasteiger partial charge on any atom is 0.265 e. The Morgan fingerprint density at radius 1 is 1.54 bits per heavy atom. The second-order valence-corrected chi connectivity index (χ2v) is 4.81. The first-order valence-corrected chi connectivity index (χ1v) is 5.96. The Labute approximate surface area is 79.6 Å². The Morgan fingerprint density at radius 3 is 2.38 bits per heavy atom. The van der Waals surface area contributed by atoms with E-state index in [0.29, 0.717) is 6.42 Å². The quantitative estimate of drug-likeness (QED) is 0.637. The van der Waals surface area contributed by atoms with E-state index in [1.54, 1.807) is 0 Å². The van der Waals surface area contributed by atoms with Crippen molar-refractivity contribution >= 4 is 10.1 Å². The smallest absolute Gasteiger partial charge is 0.249 e. The van der Waals surface area contributed by atoms with Gasteiger partial charge in [-0.25, -0.2) is 4.18 Å². The van der Waals surface area contributed by atoms with Gasteiger partial charge >= 0.3 is 0 Å². The van der Waals surface area contributed by atoms with E-state index in [1.165, 1.54) is 6.92 Å². The molecular formula is C8H15NO3S. The zero-order chi connectivity index (χ0) is 10.5. The fourth-order valence-electron chi connectivity index (χ4n) is 0.964. The van der Waals surface area contributed by atoms with E-state index >= 15 is 0 Å². The van der Waals surface area contributed by atoms with Crippen molar-refractivity contribution in [1.82, 2.24) is 0 Å². The molecule has 0 bridgehead atoms. The van der Waals surface area contributed by atoms with E-state index in [1.807, 2.05) is 13.0 Å². The molecule has 0 heterocycles. The van der Waals surface area contributed by atoms with Crippen LogP contribution in [0.2, 0.25) is 0 Å². The number of nitrogens with zero attached hydrogens (tertiary/aromatic N) is 1. The van der Waals surface area contributed by atoms with Gasteiger partial charge in [0.25, 0.3) is 10.1 Å². The van der Waals surface area contributed by atoms with Crippen LogP contribution in [-0.4, -0.2) is 20.3 Å². The average Bonchev–Trinajstić information content (AvgIpc) is 1.98. The SMILES string of the molecule is CCCC[C@](C)(C#N)OS(C)(=O)=O. The average molecular weight is 205 g/mol. The fourth-order valence-corrected chi connectivity index (χ4v) is 1.75. The highest BCUT2D eigenvalue weighted by atomic mass is 32.2. The lowest BCUT2D eigenvalue weighted by atomic mass is 10.0. The Kier molecular flexibility index (Phi) is 4.37. The summed E-state index contributed by atoms with van der Waals surface area (Å²) in [4.78, 5) is 0. The predicted molar refractivity (Wildman–Crippen MR) is 49.5 cm³/mol. The van der Waals surface area contributed by atoms with Crippen LogP contribution in [0.15, 0.2) is 0 Å². The molecule has 0 radical (unpaired) electrons. The van der Waals surface area contributed by atoms with E-state index in [4.69, 9.17) is 5.26 Å². The van der Waals surface area contributed by atoms with Gasteiger partial charge in [0.15, 0.2) is 5.60 Å². The molecule has 0 saturated carbocycles. The van der Waals surface area contributed by atoms with E-state index in [0.717, 1.165) is 19.1 Å². The molecule has 0 aliphatic rings. The lowest BCUT2D eigenvalue weighted by Crippen LogP contribution is -2.29. The third kappa shape index (κ3) is 5.61. The standard InChI is InChI=1S/C8H15NO3S/c1-4-5-6-8(2,7-9)12-13(3,10)11/h4-6H2,1-3H3/t8-/m1/s1. The topological polar surface area (TPSA) is 67.2 Å². The second kappa shape index (κ2) is 4.58. The van der Waals surface area contributed by atoms with Gasteiger partial charge in [-0.1, -0.05) is 13.3 Å². The summed E-state index contributed by atoms with van der Waals surface area (Å²) in [5, 5.41) is 8.74. The van der Waals surface area contributed by atoms with Gasteiger partial charge < -0.3 is 0 Å². The van der Waals surface area contributed by atoms with Gasteiger partial charge in [0.2, 0.25) is 0 Å². The molecule has 0 aliphatic heterocycles. The van der Waals surface area contributed by atoms with Gasteiger partial charge in [-0.3, -0.25) is 0 Å². The van der Waals surface area contributed by atoms with E-state index < -0.39 is 15.7 Å². The molecule has 0 aromatic heterocycles. The van der Waals surface area contributed by atoms with E-state index in [9.17, 15) is 8.42 Å². The number of rotatable bonds is 5. The van der Waals surface area contributed by atoms with Crippen LogP contribution in [-0.2, 0) is 14.3 Å². The first kappa shape index (κ1) is 12.4. The molecule has 0 unspecified atom stereocenters. The molecule has 1 atom stereocenters. The molecule has 0 rings (SSSR count). The molecule has 0 N–H and O–H groups in total. The number of nitriles is 1. The van der Waals surface area contributed by atoms with Crippen molar-refractivity contribution in [3.63, 3.8) is 0 Å². The summed E-state index contributed by atoms with van der Waals surface area (Å²) in [6.07, 6.45) is 3.07. The molecule has 76 valence electrons. The van der Waals surface area contributed by atoms with Gasteiger partial charge in [0, 0.05) is 0 Å². The lowest BCUT2D eigenvalue weighted by Gasteiger charge is -2.19. The first-order valence-electron chi connectivity index (χ1n) is 4.15. The van der Waals surface area contributed by atoms with Crippen molar-refractivity contribution in [2.24, 2.45) is 0 Å². The molecule has 5 heteroatoms. The van der Waals surface area contributed by atoms with Gasteiger partial charge in [-0.05, 0) is 19.8 Å². The van der Waals surface area contributed by atoms with Crippen LogP contribution < -0.4 is 0 Å². The van der Waals surface area contributed by atoms with Crippen molar-refractivity contribution in [2.45, 2.75) is 38.7 Å². The van der Waals surface area contributed by atoms with Crippen LogP contribution in [0.4, 0.5) is 0 Å². The predicted octanol–water partition coefficient (Wildman–Crippen LogP) is 1.44. The summed E-state index contributed by atoms with van der Waals surface area (Å²) in [5.74, 6) is 0. The zero-order valence-corrected chi connectivity index (χ0v) is 9.02. The van der Waals surface area contributed by atoms with Gasteiger partial charge in [-0.15, -0.1) is 0 Å². The lowest BCUT2D eigenvalue weighted by molar-refractivity contribution is 0.145. The van der Waals surface area contributed by atoms with E-state index in [-0.39, 0.29) is 0 Å². The molecule has 13 heavy (non-hydrogen) atoms. The number of hydrogen-bond acceptors (Lipinski definition) is 4. The summed E-state index contributed by atoms with van der Waals surface area (Å²) in [5.41, 5.74) is -1.20. The van der Waals surface area contributed by atoms with Crippen molar-refractivity contribution < 1.29 is 12.6 Å². The van der Waals surface area contributed by atoms with Crippen LogP contribution in [0, 0.1) is 11.3 Å². The summed E-state index contributed by atoms with van der Waals surface area (Å²) in [6, 6.07) is 1.87. The molecule has 0 spiro atoms. The Hall–Kier alpha value is -0.600. The monoisotopic (exact) mass is 205 g/mol. The highest BCUT2D eigenvalue weighted by molar-refractivity contribution is 7.86. The van der Waals surface area contributed by atoms with Crippen molar-refractivity contribution in [3.8, 4) is 6.07 Å². The third-order valence-corrected chi connectivity index (χ3v) is 2.25. The Bertz CT molecular complexity index is 291. The number of unbranched alkanes of at least 4 members (excludes halogenated alkanes) is 1. The van der Waals surface area contributed by atoms with Gasteiger partial charge in [0.05, 0.1) is 12.3 Å². The third-order valence-electron chi connectivity index (χ3n) is 1.58. The van der Waals surface area contributed by atoms with Crippen molar-refractivity contribution in [2.75, 3.05) is 6.26 Å². The highest BCUT2D eigenvalue weighted by Crippen LogP contribution is 2.19. The molecular weight excluding hydrogens is 190 g/mol. The molecule has 4 nitrogen and oxygen atoms in total. The minimum absolute atomic E-state index is 0.438. The van der Waals surface area contributed by atoms with Crippen LogP contribution >= 0.6 is 0 Å². The molecule has 0 aromatic carbocycles.